The van der Waals surface area contributed by atoms with Crippen molar-refractivity contribution in [3.63, 3.8) is 0 Å². The summed E-state index contributed by atoms with van der Waals surface area (Å²) in [5, 5.41) is 9.59. The summed E-state index contributed by atoms with van der Waals surface area (Å²) in [5.74, 6) is -0.0920. The van der Waals surface area contributed by atoms with Gasteiger partial charge in [-0.15, -0.1) is 0 Å². The minimum absolute atomic E-state index is 0.0461. The van der Waals surface area contributed by atoms with Crippen LogP contribution in [-0.2, 0) is 17.9 Å². The molecule has 0 atom stereocenters. The summed E-state index contributed by atoms with van der Waals surface area (Å²) in [7, 11) is 1.61. The number of carboxylic acid groups (broad SMARTS) is 1. The first-order valence-corrected chi connectivity index (χ1v) is 7.35. The van der Waals surface area contributed by atoms with Crippen molar-refractivity contribution in [1.82, 2.24) is 4.90 Å². The van der Waals surface area contributed by atoms with E-state index < -0.39 is 5.97 Å². The second-order valence-corrected chi connectivity index (χ2v) is 5.74. The number of aliphatic carboxylic acids is 1. The van der Waals surface area contributed by atoms with Gasteiger partial charge in [-0.25, -0.2) is 0 Å². The normalized spacial score (nSPS) is 13.9. The molecule has 1 heterocycles. The number of benzene rings is 2. The quantitative estimate of drug-likeness (QED) is 0.938. The number of halogens is 1. The summed E-state index contributed by atoms with van der Waals surface area (Å²) < 4.78 is 5.18. The van der Waals surface area contributed by atoms with Crippen LogP contribution in [0.3, 0.4) is 0 Å². The lowest BCUT2D eigenvalue weighted by molar-refractivity contribution is -0.138. The van der Waals surface area contributed by atoms with Crippen molar-refractivity contribution in [2.24, 2.45) is 0 Å². The number of methoxy groups -OCH3 is 1. The van der Waals surface area contributed by atoms with Crippen molar-refractivity contribution in [3.8, 4) is 16.9 Å². The third kappa shape index (κ3) is 2.80. The van der Waals surface area contributed by atoms with Crippen molar-refractivity contribution >= 4 is 17.6 Å². The third-order valence-corrected chi connectivity index (χ3v) is 4.19. The maximum atomic E-state index is 10.9. The Bertz CT molecular complexity index is 730. The van der Waals surface area contributed by atoms with Crippen molar-refractivity contribution in [2.75, 3.05) is 13.7 Å². The molecule has 0 saturated heterocycles. The molecular weight excluding hydrogens is 302 g/mol. The van der Waals surface area contributed by atoms with Crippen LogP contribution in [0, 0.1) is 0 Å². The van der Waals surface area contributed by atoms with Crippen molar-refractivity contribution in [2.45, 2.75) is 13.1 Å². The number of nitrogens with zero attached hydrogens (tertiary/aromatic N) is 1. The van der Waals surface area contributed by atoms with Gasteiger partial charge in [0.05, 0.1) is 18.7 Å². The Labute approximate surface area is 133 Å². The van der Waals surface area contributed by atoms with Gasteiger partial charge in [0.1, 0.15) is 5.75 Å². The van der Waals surface area contributed by atoms with Crippen LogP contribution in [0.5, 0.6) is 5.75 Å². The molecule has 0 radical (unpaired) electrons. The lowest BCUT2D eigenvalue weighted by Crippen LogP contribution is -2.24. The fourth-order valence-corrected chi connectivity index (χ4v) is 3.16. The molecule has 0 unspecified atom stereocenters. The van der Waals surface area contributed by atoms with E-state index >= 15 is 0 Å². The second-order valence-electron chi connectivity index (χ2n) is 5.33. The molecule has 0 bridgehead atoms. The molecule has 0 amide bonds. The standard InChI is InChI=1S/C17H16ClNO3/c1-22-12-5-6-14(16(18)7-12)13-4-2-3-11-8-19(9-15(11)13)10-17(20)21/h2-7H,8-10H2,1H3,(H,20,21). The average molecular weight is 318 g/mol. The van der Waals surface area contributed by atoms with Crippen LogP contribution in [-0.4, -0.2) is 29.6 Å². The van der Waals surface area contributed by atoms with E-state index in [1.54, 1.807) is 13.2 Å². The average Bonchev–Trinajstić information content (AvgIpc) is 2.88. The van der Waals surface area contributed by atoms with Crippen LogP contribution >= 0.6 is 11.6 Å². The molecule has 1 N–H and O–H groups in total. The molecule has 114 valence electrons. The molecule has 4 nitrogen and oxygen atoms in total. The predicted octanol–water partition coefficient (Wildman–Crippen LogP) is 3.42. The highest BCUT2D eigenvalue weighted by atomic mass is 35.5. The van der Waals surface area contributed by atoms with Crippen molar-refractivity contribution in [3.05, 3.63) is 52.5 Å². The Kier molecular flexibility index (Phi) is 4.05. The Morgan fingerprint density at radius 1 is 1.27 bits per heavy atom. The first-order chi connectivity index (χ1) is 10.6. The number of carbonyl (C=O) groups is 1. The zero-order chi connectivity index (χ0) is 15.7. The number of ether oxygens (including phenoxy) is 1. The molecule has 0 saturated carbocycles. The largest absolute Gasteiger partial charge is 0.497 e. The van der Waals surface area contributed by atoms with E-state index in [2.05, 4.69) is 0 Å². The summed E-state index contributed by atoms with van der Waals surface area (Å²) in [4.78, 5) is 12.8. The molecule has 0 fully saturated rings. The Balaban J connectivity index is 1.98. The van der Waals surface area contributed by atoms with E-state index in [4.69, 9.17) is 21.4 Å². The highest BCUT2D eigenvalue weighted by Crippen LogP contribution is 2.37. The van der Waals surface area contributed by atoms with E-state index in [0.717, 1.165) is 22.3 Å². The zero-order valence-corrected chi connectivity index (χ0v) is 12.9. The van der Waals surface area contributed by atoms with E-state index in [9.17, 15) is 4.79 Å². The van der Waals surface area contributed by atoms with Crippen LogP contribution < -0.4 is 4.74 Å². The maximum absolute atomic E-state index is 10.9. The van der Waals surface area contributed by atoms with Crippen molar-refractivity contribution < 1.29 is 14.6 Å². The first kappa shape index (κ1) is 14.9. The van der Waals surface area contributed by atoms with Crippen molar-refractivity contribution in [1.29, 1.82) is 0 Å². The fraction of sp³-hybridized carbons (Fsp3) is 0.235. The molecule has 2 aromatic carbocycles. The van der Waals surface area contributed by atoms with Gasteiger partial charge in [-0.05, 0) is 34.9 Å². The third-order valence-electron chi connectivity index (χ3n) is 3.87. The number of carboxylic acids is 1. The van der Waals surface area contributed by atoms with Crippen LogP contribution in [0.4, 0.5) is 0 Å². The Morgan fingerprint density at radius 2 is 2.09 bits per heavy atom. The SMILES string of the molecule is COc1ccc(-c2cccc3c2CN(CC(=O)O)C3)c(Cl)c1. The summed E-state index contributed by atoms with van der Waals surface area (Å²) >= 11 is 6.38. The predicted molar refractivity (Wildman–Crippen MR) is 85.2 cm³/mol. The zero-order valence-electron chi connectivity index (χ0n) is 12.2. The van der Waals surface area contributed by atoms with Gasteiger partial charge in [-0.3, -0.25) is 9.69 Å². The summed E-state index contributed by atoms with van der Waals surface area (Å²) in [5.41, 5.74) is 4.30. The Morgan fingerprint density at radius 3 is 2.77 bits per heavy atom. The van der Waals surface area contributed by atoms with E-state index in [0.29, 0.717) is 23.9 Å². The van der Waals surface area contributed by atoms with Gasteiger partial charge in [0.25, 0.3) is 0 Å². The molecule has 0 aliphatic carbocycles. The number of hydrogen-bond donors (Lipinski definition) is 1. The lowest BCUT2D eigenvalue weighted by atomic mass is 9.97. The van der Waals surface area contributed by atoms with Crippen LogP contribution in [0.2, 0.25) is 5.02 Å². The van der Waals surface area contributed by atoms with Crippen LogP contribution in [0.15, 0.2) is 36.4 Å². The second kappa shape index (κ2) is 5.99. The van der Waals surface area contributed by atoms with Crippen LogP contribution in [0.25, 0.3) is 11.1 Å². The summed E-state index contributed by atoms with van der Waals surface area (Å²) in [6.07, 6.45) is 0. The highest BCUT2D eigenvalue weighted by molar-refractivity contribution is 6.33. The molecule has 22 heavy (non-hydrogen) atoms. The molecule has 0 aromatic heterocycles. The molecule has 5 heteroatoms. The molecular formula is C17H16ClNO3. The van der Waals surface area contributed by atoms with Gasteiger partial charge in [0, 0.05) is 18.7 Å². The van der Waals surface area contributed by atoms with E-state index in [1.807, 2.05) is 35.2 Å². The minimum Gasteiger partial charge on any atom is -0.497 e. The van der Waals surface area contributed by atoms with E-state index in [-0.39, 0.29) is 6.54 Å². The van der Waals surface area contributed by atoms with Gasteiger partial charge >= 0.3 is 5.97 Å². The summed E-state index contributed by atoms with van der Waals surface area (Å²) in [6.45, 7) is 1.33. The molecule has 2 aromatic rings. The Hall–Kier alpha value is -2.04. The molecule has 3 rings (SSSR count). The number of rotatable bonds is 4. The molecule has 0 spiro atoms. The van der Waals surface area contributed by atoms with Gasteiger partial charge in [0.2, 0.25) is 0 Å². The number of hydrogen-bond acceptors (Lipinski definition) is 3. The smallest absolute Gasteiger partial charge is 0.317 e. The molecule has 1 aliphatic rings. The number of fused-ring (bicyclic) bond motifs is 1. The van der Waals surface area contributed by atoms with Crippen LogP contribution in [0.1, 0.15) is 11.1 Å². The monoisotopic (exact) mass is 317 g/mol. The summed E-state index contributed by atoms with van der Waals surface area (Å²) in [6, 6.07) is 11.7. The lowest BCUT2D eigenvalue weighted by Gasteiger charge is -2.12. The van der Waals surface area contributed by atoms with Gasteiger partial charge in [0.15, 0.2) is 0 Å². The fourth-order valence-electron chi connectivity index (χ4n) is 2.89. The first-order valence-electron chi connectivity index (χ1n) is 6.97. The highest BCUT2D eigenvalue weighted by Gasteiger charge is 2.24. The van der Waals surface area contributed by atoms with Gasteiger partial charge in [-0.1, -0.05) is 29.8 Å². The maximum Gasteiger partial charge on any atom is 0.317 e. The molecule has 1 aliphatic heterocycles. The topological polar surface area (TPSA) is 49.8 Å². The van der Waals surface area contributed by atoms with Gasteiger partial charge in [-0.2, -0.15) is 0 Å². The minimum atomic E-state index is -0.808. The van der Waals surface area contributed by atoms with Gasteiger partial charge < -0.3 is 9.84 Å². The van der Waals surface area contributed by atoms with E-state index in [1.165, 1.54) is 0 Å².